The number of carbonyl (C=O) groups is 2. The molecule has 5 heteroatoms. The van der Waals surface area contributed by atoms with Gasteiger partial charge in [-0.25, -0.2) is 4.79 Å². The van der Waals surface area contributed by atoms with Crippen LogP contribution in [0.4, 0.5) is 0 Å². The smallest absolute Gasteiger partial charge is 0.329 e. The van der Waals surface area contributed by atoms with Gasteiger partial charge in [0, 0.05) is 0 Å². The zero-order valence-corrected chi connectivity index (χ0v) is 11.5. The average Bonchev–Trinajstić information content (AvgIpc) is 2.39. The molecule has 0 aromatic rings. The minimum absolute atomic E-state index is 0.346. The van der Waals surface area contributed by atoms with Crippen LogP contribution in [0.15, 0.2) is 12.7 Å². The Morgan fingerprint density at radius 1 is 1.53 bits per heavy atom. The van der Waals surface area contributed by atoms with Crippen molar-refractivity contribution < 1.29 is 14.7 Å². The van der Waals surface area contributed by atoms with E-state index in [0.29, 0.717) is 25.2 Å². The number of rotatable bonds is 6. The van der Waals surface area contributed by atoms with Crippen molar-refractivity contribution in [2.75, 3.05) is 0 Å². The number of carboxylic acids is 1. The predicted octanol–water partition coefficient (Wildman–Crippen LogP) is 1.43. The van der Waals surface area contributed by atoms with Crippen molar-refractivity contribution in [3.8, 4) is 0 Å². The van der Waals surface area contributed by atoms with Crippen LogP contribution < -0.4 is 11.1 Å². The molecule has 0 aromatic heterocycles. The molecule has 5 nitrogen and oxygen atoms in total. The molecule has 1 rings (SSSR count). The molecule has 0 heterocycles. The SMILES string of the molecule is C=CCC(N)C(=O)NC1(C(=O)O)CCC(CC)CC1. The van der Waals surface area contributed by atoms with Crippen molar-refractivity contribution in [2.24, 2.45) is 11.7 Å². The van der Waals surface area contributed by atoms with Crippen molar-refractivity contribution in [1.82, 2.24) is 5.32 Å². The van der Waals surface area contributed by atoms with Crippen molar-refractivity contribution in [3.05, 3.63) is 12.7 Å². The summed E-state index contributed by atoms with van der Waals surface area (Å²) in [4.78, 5) is 23.4. The van der Waals surface area contributed by atoms with Gasteiger partial charge in [0.25, 0.3) is 0 Å². The Morgan fingerprint density at radius 2 is 2.11 bits per heavy atom. The van der Waals surface area contributed by atoms with Crippen LogP contribution in [-0.4, -0.2) is 28.6 Å². The average molecular weight is 268 g/mol. The van der Waals surface area contributed by atoms with Gasteiger partial charge in [0.1, 0.15) is 5.54 Å². The summed E-state index contributed by atoms with van der Waals surface area (Å²) >= 11 is 0. The van der Waals surface area contributed by atoms with Crippen LogP contribution in [-0.2, 0) is 9.59 Å². The lowest BCUT2D eigenvalue weighted by Gasteiger charge is -2.37. The normalized spacial score (nSPS) is 28.4. The number of carbonyl (C=O) groups excluding carboxylic acids is 1. The van der Waals surface area contributed by atoms with E-state index in [9.17, 15) is 14.7 Å². The summed E-state index contributed by atoms with van der Waals surface area (Å²) in [6, 6.07) is -0.724. The second kappa shape index (κ2) is 6.70. The van der Waals surface area contributed by atoms with Crippen LogP contribution in [0.25, 0.3) is 0 Å². The topological polar surface area (TPSA) is 92.4 Å². The molecule has 0 aromatic carbocycles. The second-order valence-corrected chi connectivity index (χ2v) is 5.36. The van der Waals surface area contributed by atoms with Crippen molar-refractivity contribution in [2.45, 2.75) is 57.0 Å². The summed E-state index contributed by atoms with van der Waals surface area (Å²) in [6.07, 6.45) is 5.59. The summed E-state index contributed by atoms with van der Waals surface area (Å²) in [5, 5.41) is 12.1. The number of hydrogen-bond donors (Lipinski definition) is 3. The summed E-state index contributed by atoms with van der Waals surface area (Å²) in [7, 11) is 0. The molecule has 1 aliphatic carbocycles. The van der Waals surface area contributed by atoms with E-state index in [1.807, 2.05) is 0 Å². The van der Waals surface area contributed by atoms with E-state index in [1.54, 1.807) is 6.08 Å². The summed E-state index contributed by atoms with van der Waals surface area (Å²) in [6.45, 7) is 5.64. The predicted molar refractivity (Wildman–Crippen MR) is 73.5 cm³/mol. The molecule has 1 amide bonds. The lowest BCUT2D eigenvalue weighted by Crippen LogP contribution is -2.59. The van der Waals surface area contributed by atoms with Gasteiger partial charge in [-0.05, 0) is 38.0 Å². The van der Waals surface area contributed by atoms with Gasteiger partial charge < -0.3 is 16.2 Å². The molecule has 19 heavy (non-hydrogen) atoms. The molecule has 0 aliphatic heterocycles. The fraction of sp³-hybridized carbons (Fsp3) is 0.714. The molecule has 1 saturated carbocycles. The lowest BCUT2D eigenvalue weighted by atomic mass is 9.75. The Morgan fingerprint density at radius 3 is 2.53 bits per heavy atom. The standard InChI is InChI=1S/C14H24N2O3/c1-3-5-11(15)12(17)16-14(13(18)19)8-6-10(4-2)7-9-14/h3,10-11H,1,4-9,15H2,2H3,(H,16,17)(H,18,19). The summed E-state index contributed by atoms with van der Waals surface area (Å²) < 4.78 is 0. The Labute approximate surface area is 114 Å². The minimum atomic E-state index is -1.14. The fourth-order valence-electron chi connectivity index (χ4n) is 2.59. The number of hydrogen-bond acceptors (Lipinski definition) is 3. The molecule has 108 valence electrons. The van der Waals surface area contributed by atoms with Crippen LogP contribution >= 0.6 is 0 Å². The quantitative estimate of drug-likeness (QED) is 0.635. The Kier molecular flexibility index (Phi) is 5.54. The van der Waals surface area contributed by atoms with Crippen molar-refractivity contribution in [3.63, 3.8) is 0 Å². The van der Waals surface area contributed by atoms with Crippen molar-refractivity contribution >= 4 is 11.9 Å². The van der Waals surface area contributed by atoms with Gasteiger partial charge >= 0.3 is 5.97 Å². The van der Waals surface area contributed by atoms with Crippen LogP contribution in [0, 0.1) is 5.92 Å². The first-order valence-corrected chi connectivity index (χ1v) is 6.87. The van der Waals surface area contributed by atoms with Gasteiger partial charge in [-0.1, -0.05) is 19.4 Å². The monoisotopic (exact) mass is 268 g/mol. The van der Waals surface area contributed by atoms with E-state index in [4.69, 9.17) is 5.73 Å². The number of amides is 1. The lowest BCUT2D eigenvalue weighted by molar-refractivity contribution is -0.150. The zero-order chi connectivity index (χ0) is 14.5. The summed E-state index contributed by atoms with van der Waals surface area (Å²) in [5.41, 5.74) is 4.54. The van der Waals surface area contributed by atoms with Gasteiger partial charge in [-0.3, -0.25) is 4.79 Å². The molecule has 1 unspecified atom stereocenters. The van der Waals surface area contributed by atoms with Gasteiger partial charge in [0.15, 0.2) is 0 Å². The molecule has 1 fully saturated rings. The van der Waals surface area contributed by atoms with E-state index in [2.05, 4.69) is 18.8 Å². The van der Waals surface area contributed by atoms with Crippen LogP contribution in [0.5, 0.6) is 0 Å². The van der Waals surface area contributed by atoms with E-state index in [1.165, 1.54) is 0 Å². The van der Waals surface area contributed by atoms with Gasteiger partial charge in [0.2, 0.25) is 5.91 Å². The van der Waals surface area contributed by atoms with Gasteiger partial charge in [0.05, 0.1) is 6.04 Å². The first-order valence-electron chi connectivity index (χ1n) is 6.87. The maximum absolute atomic E-state index is 11.9. The van der Waals surface area contributed by atoms with Gasteiger partial charge in [-0.2, -0.15) is 0 Å². The molecular weight excluding hydrogens is 244 g/mol. The molecular formula is C14H24N2O3. The van der Waals surface area contributed by atoms with Crippen LogP contribution in [0.3, 0.4) is 0 Å². The van der Waals surface area contributed by atoms with Gasteiger partial charge in [-0.15, -0.1) is 6.58 Å². The number of carboxylic acid groups (broad SMARTS) is 1. The van der Waals surface area contributed by atoms with Crippen molar-refractivity contribution in [1.29, 1.82) is 0 Å². The molecule has 0 radical (unpaired) electrons. The van der Waals surface area contributed by atoms with E-state index < -0.39 is 23.5 Å². The molecule has 0 spiro atoms. The molecule has 0 saturated heterocycles. The Bertz CT molecular complexity index is 347. The van der Waals surface area contributed by atoms with E-state index >= 15 is 0 Å². The Balaban J connectivity index is 2.71. The molecule has 1 atom stereocenters. The largest absolute Gasteiger partial charge is 0.480 e. The van der Waals surface area contributed by atoms with Crippen LogP contribution in [0.2, 0.25) is 0 Å². The highest BCUT2D eigenvalue weighted by atomic mass is 16.4. The fourth-order valence-corrected chi connectivity index (χ4v) is 2.59. The highest BCUT2D eigenvalue weighted by molar-refractivity contribution is 5.89. The first kappa shape index (κ1) is 15.7. The molecule has 4 N–H and O–H groups in total. The maximum atomic E-state index is 11.9. The van der Waals surface area contributed by atoms with Crippen LogP contribution in [0.1, 0.15) is 45.4 Å². The zero-order valence-electron chi connectivity index (χ0n) is 11.5. The first-order chi connectivity index (χ1) is 8.95. The third-order valence-electron chi connectivity index (χ3n) is 4.07. The number of aliphatic carboxylic acids is 1. The summed E-state index contributed by atoms with van der Waals surface area (Å²) in [5.74, 6) is -0.801. The van der Waals surface area contributed by atoms with E-state index in [-0.39, 0.29) is 0 Å². The highest BCUT2D eigenvalue weighted by Crippen LogP contribution is 2.34. The minimum Gasteiger partial charge on any atom is -0.480 e. The molecule has 1 aliphatic rings. The Hall–Kier alpha value is -1.36. The maximum Gasteiger partial charge on any atom is 0.329 e. The highest BCUT2D eigenvalue weighted by Gasteiger charge is 2.43. The number of nitrogens with two attached hydrogens (primary N) is 1. The third kappa shape index (κ3) is 3.80. The number of nitrogens with one attached hydrogen (secondary N) is 1. The van der Waals surface area contributed by atoms with E-state index in [0.717, 1.165) is 19.3 Å². The third-order valence-corrected chi connectivity index (χ3v) is 4.07. The molecule has 0 bridgehead atoms. The second-order valence-electron chi connectivity index (χ2n) is 5.36.